The number of para-hydroxylation sites is 1. The zero-order valence-electron chi connectivity index (χ0n) is 13.4. The molecule has 0 aliphatic carbocycles. The third-order valence-corrected chi connectivity index (χ3v) is 4.77. The topological polar surface area (TPSA) is 59.4 Å². The predicted molar refractivity (Wildman–Crippen MR) is 85.7 cm³/mol. The Balaban J connectivity index is 1.65. The number of amides is 1. The molecule has 126 valence electrons. The lowest BCUT2D eigenvalue weighted by Gasteiger charge is -2.36. The molecule has 24 heavy (non-hydrogen) atoms. The molecular weight excluding hydrogens is 311 g/mol. The summed E-state index contributed by atoms with van der Waals surface area (Å²) in [6.07, 6.45) is 1.57. The van der Waals surface area contributed by atoms with Crippen LogP contribution in [-0.4, -0.2) is 59.0 Å². The first-order chi connectivity index (χ1) is 11.7. The minimum Gasteiger partial charge on any atom is -0.373 e. The fourth-order valence-electron chi connectivity index (χ4n) is 3.48. The third kappa shape index (κ3) is 2.40. The first-order valence-electron chi connectivity index (χ1n) is 8.09. The van der Waals surface area contributed by atoms with Crippen LogP contribution in [-0.2, 0) is 4.74 Å². The van der Waals surface area contributed by atoms with E-state index in [9.17, 15) is 9.18 Å². The molecule has 4 rings (SSSR count). The molecular formula is C17H19FN4O2. The van der Waals surface area contributed by atoms with Crippen LogP contribution in [0.15, 0.2) is 30.5 Å². The van der Waals surface area contributed by atoms with E-state index < -0.39 is 0 Å². The molecule has 3 heterocycles. The SMILES string of the molecule is Cc1c(C(=O)N2CCO[C@H]3CNC[C@H]32)cnn1-c1ccccc1F. The Bertz CT molecular complexity index is 776. The molecule has 0 unspecified atom stereocenters. The van der Waals surface area contributed by atoms with Gasteiger partial charge in [0.1, 0.15) is 11.5 Å². The molecule has 2 fully saturated rings. The molecule has 0 saturated carbocycles. The van der Waals surface area contributed by atoms with E-state index in [2.05, 4.69) is 10.4 Å². The van der Waals surface area contributed by atoms with Crippen LogP contribution in [0.1, 0.15) is 16.1 Å². The maximum absolute atomic E-state index is 14.0. The van der Waals surface area contributed by atoms with Gasteiger partial charge in [0.15, 0.2) is 0 Å². The summed E-state index contributed by atoms with van der Waals surface area (Å²) in [5.74, 6) is -0.439. The molecule has 0 radical (unpaired) electrons. The van der Waals surface area contributed by atoms with Crippen molar-refractivity contribution in [2.24, 2.45) is 0 Å². The van der Waals surface area contributed by atoms with Gasteiger partial charge in [-0.15, -0.1) is 0 Å². The lowest BCUT2D eigenvalue weighted by Crippen LogP contribution is -2.53. The normalized spacial score (nSPS) is 23.3. The summed E-state index contributed by atoms with van der Waals surface area (Å²) in [5.41, 5.74) is 1.49. The fraction of sp³-hybridized carbons (Fsp3) is 0.412. The second kappa shape index (κ2) is 5.99. The van der Waals surface area contributed by atoms with E-state index in [-0.39, 0.29) is 23.9 Å². The zero-order valence-corrected chi connectivity index (χ0v) is 13.4. The van der Waals surface area contributed by atoms with Crippen LogP contribution < -0.4 is 5.32 Å². The Kier molecular flexibility index (Phi) is 3.82. The summed E-state index contributed by atoms with van der Waals surface area (Å²) >= 11 is 0. The molecule has 0 bridgehead atoms. The molecule has 0 spiro atoms. The second-order valence-electron chi connectivity index (χ2n) is 6.14. The van der Waals surface area contributed by atoms with Gasteiger partial charge in [-0.2, -0.15) is 5.10 Å². The number of halogens is 1. The van der Waals surface area contributed by atoms with E-state index in [1.165, 1.54) is 16.9 Å². The number of ether oxygens (including phenoxy) is 1. The number of hydrogen-bond acceptors (Lipinski definition) is 4. The van der Waals surface area contributed by atoms with E-state index in [4.69, 9.17) is 4.74 Å². The van der Waals surface area contributed by atoms with Crippen molar-refractivity contribution in [1.82, 2.24) is 20.0 Å². The monoisotopic (exact) mass is 330 g/mol. The Morgan fingerprint density at radius 3 is 3.04 bits per heavy atom. The molecule has 2 atom stereocenters. The van der Waals surface area contributed by atoms with Crippen LogP contribution in [0, 0.1) is 12.7 Å². The summed E-state index contributed by atoms with van der Waals surface area (Å²) < 4.78 is 21.2. The van der Waals surface area contributed by atoms with E-state index in [0.717, 1.165) is 13.1 Å². The standard InChI is InChI=1S/C17H19FN4O2/c1-11-12(8-20-22(11)14-5-3-2-4-13(14)18)17(23)21-6-7-24-16-10-19-9-15(16)21/h2-5,8,15-16,19H,6-7,9-10H2,1H3/t15-,16+/m1/s1. The first-order valence-corrected chi connectivity index (χ1v) is 8.09. The molecule has 1 N–H and O–H groups in total. The molecule has 1 aromatic heterocycles. The fourth-order valence-corrected chi connectivity index (χ4v) is 3.48. The van der Waals surface area contributed by atoms with Gasteiger partial charge < -0.3 is 15.0 Å². The minimum atomic E-state index is -0.367. The lowest BCUT2D eigenvalue weighted by molar-refractivity contribution is -0.0365. The number of hydrogen-bond donors (Lipinski definition) is 1. The van der Waals surface area contributed by atoms with Crippen LogP contribution in [0.3, 0.4) is 0 Å². The molecule has 2 saturated heterocycles. The van der Waals surface area contributed by atoms with Gasteiger partial charge in [0.25, 0.3) is 5.91 Å². The number of aromatic nitrogens is 2. The van der Waals surface area contributed by atoms with Crippen LogP contribution >= 0.6 is 0 Å². The summed E-state index contributed by atoms with van der Waals surface area (Å²) in [4.78, 5) is 14.8. The number of rotatable bonds is 2. The number of fused-ring (bicyclic) bond motifs is 1. The van der Waals surface area contributed by atoms with Gasteiger partial charge in [0, 0.05) is 19.6 Å². The van der Waals surface area contributed by atoms with Crippen molar-refractivity contribution in [3.8, 4) is 5.69 Å². The van der Waals surface area contributed by atoms with E-state index >= 15 is 0 Å². The minimum absolute atomic E-state index is 0.0439. The number of nitrogens with one attached hydrogen (secondary N) is 1. The van der Waals surface area contributed by atoms with Crippen LogP contribution in [0.5, 0.6) is 0 Å². The lowest BCUT2D eigenvalue weighted by atomic mass is 10.1. The Morgan fingerprint density at radius 2 is 2.21 bits per heavy atom. The van der Waals surface area contributed by atoms with E-state index in [1.807, 2.05) is 4.90 Å². The first kappa shape index (κ1) is 15.3. The molecule has 7 heteroatoms. The summed E-state index contributed by atoms with van der Waals surface area (Å²) in [6, 6.07) is 6.45. The quantitative estimate of drug-likeness (QED) is 0.897. The largest absolute Gasteiger partial charge is 0.373 e. The summed E-state index contributed by atoms with van der Waals surface area (Å²) in [6.45, 7) is 4.39. The zero-order chi connectivity index (χ0) is 16.7. The third-order valence-electron chi connectivity index (χ3n) is 4.77. The average Bonchev–Trinajstić information content (AvgIpc) is 3.21. The number of carbonyl (C=O) groups excluding carboxylic acids is 1. The molecule has 1 amide bonds. The van der Waals surface area contributed by atoms with Crippen LogP contribution in [0.2, 0.25) is 0 Å². The highest BCUT2D eigenvalue weighted by Crippen LogP contribution is 2.23. The van der Waals surface area contributed by atoms with Crippen molar-refractivity contribution in [3.05, 3.63) is 47.5 Å². The van der Waals surface area contributed by atoms with Crippen LogP contribution in [0.25, 0.3) is 5.69 Å². The van der Waals surface area contributed by atoms with E-state index in [0.29, 0.717) is 30.1 Å². The molecule has 2 aromatic rings. The van der Waals surface area contributed by atoms with Gasteiger partial charge in [-0.05, 0) is 19.1 Å². The number of nitrogens with zero attached hydrogens (tertiary/aromatic N) is 3. The molecule has 2 aliphatic rings. The predicted octanol–water partition coefficient (Wildman–Crippen LogP) is 1.13. The van der Waals surface area contributed by atoms with Gasteiger partial charge in [0.2, 0.25) is 0 Å². The van der Waals surface area contributed by atoms with Crippen molar-refractivity contribution in [2.45, 2.75) is 19.1 Å². The van der Waals surface area contributed by atoms with Crippen molar-refractivity contribution in [1.29, 1.82) is 0 Å². The smallest absolute Gasteiger partial charge is 0.257 e. The Hall–Kier alpha value is -2.25. The number of benzene rings is 1. The highest BCUT2D eigenvalue weighted by atomic mass is 19.1. The molecule has 1 aromatic carbocycles. The van der Waals surface area contributed by atoms with Crippen molar-refractivity contribution in [3.63, 3.8) is 0 Å². The van der Waals surface area contributed by atoms with Crippen LogP contribution in [0.4, 0.5) is 4.39 Å². The summed E-state index contributed by atoms with van der Waals surface area (Å²) in [7, 11) is 0. The van der Waals surface area contributed by atoms with Gasteiger partial charge in [-0.3, -0.25) is 4.79 Å². The average molecular weight is 330 g/mol. The van der Waals surface area contributed by atoms with Gasteiger partial charge in [-0.1, -0.05) is 12.1 Å². The maximum Gasteiger partial charge on any atom is 0.257 e. The second-order valence-corrected chi connectivity index (χ2v) is 6.14. The highest BCUT2D eigenvalue weighted by molar-refractivity contribution is 5.95. The van der Waals surface area contributed by atoms with Crippen molar-refractivity contribution < 1.29 is 13.9 Å². The number of morpholine rings is 1. The van der Waals surface area contributed by atoms with Crippen molar-refractivity contribution in [2.75, 3.05) is 26.2 Å². The highest BCUT2D eigenvalue weighted by Gasteiger charge is 2.39. The molecule has 2 aliphatic heterocycles. The van der Waals surface area contributed by atoms with Gasteiger partial charge >= 0.3 is 0 Å². The van der Waals surface area contributed by atoms with E-state index in [1.54, 1.807) is 25.1 Å². The Morgan fingerprint density at radius 1 is 1.38 bits per heavy atom. The summed E-state index contributed by atoms with van der Waals surface area (Å²) in [5, 5.41) is 7.49. The number of carbonyl (C=O) groups is 1. The van der Waals surface area contributed by atoms with Gasteiger partial charge in [-0.25, -0.2) is 9.07 Å². The maximum atomic E-state index is 14.0. The van der Waals surface area contributed by atoms with Crippen molar-refractivity contribution >= 4 is 5.91 Å². The van der Waals surface area contributed by atoms with Gasteiger partial charge in [0.05, 0.1) is 36.2 Å². The molecule has 6 nitrogen and oxygen atoms in total. The Labute approximate surface area is 139 Å².